The van der Waals surface area contributed by atoms with Crippen LogP contribution in [0.25, 0.3) is 0 Å². The second-order valence-electron chi connectivity index (χ2n) is 6.49. The zero-order valence-electron chi connectivity index (χ0n) is 13.2. The molecular weight excluding hydrogens is 298 g/mol. The number of hydrogen-bond acceptors (Lipinski definition) is 4. The Balaban J connectivity index is 1.45. The van der Waals surface area contributed by atoms with Crippen molar-refractivity contribution >= 4 is 10.0 Å². The van der Waals surface area contributed by atoms with E-state index in [0.29, 0.717) is 12.5 Å². The zero-order chi connectivity index (χ0) is 15.6. The number of aromatic nitrogens is 1. The van der Waals surface area contributed by atoms with E-state index < -0.39 is 10.0 Å². The maximum atomic E-state index is 11.8. The van der Waals surface area contributed by atoms with Crippen molar-refractivity contribution in [1.82, 2.24) is 14.6 Å². The van der Waals surface area contributed by atoms with E-state index in [1.54, 1.807) is 0 Å². The minimum atomic E-state index is -3.04. The van der Waals surface area contributed by atoms with Gasteiger partial charge in [0, 0.05) is 25.8 Å². The number of sulfonamides is 1. The van der Waals surface area contributed by atoms with E-state index in [9.17, 15) is 8.42 Å². The monoisotopic (exact) mass is 323 g/mol. The number of hydrogen-bond donors (Lipinski definition) is 1. The number of likely N-dealkylation sites (tertiary alicyclic amines) is 1. The van der Waals surface area contributed by atoms with Crippen LogP contribution in [0.5, 0.6) is 0 Å². The van der Waals surface area contributed by atoms with E-state index in [0.717, 1.165) is 51.0 Å². The lowest BCUT2D eigenvalue weighted by Gasteiger charge is -2.16. The molecule has 5 nitrogen and oxygen atoms in total. The number of nitrogens with one attached hydrogen (secondary N) is 1. The molecule has 0 aromatic carbocycles. The van der Waals surface area contributed by atoms with E-state index in [-0.39, 0.29) is 5.25 Å². The molecule has 1 N–H and O–H groups in total. The topological polar surface area (TPSA) is 62.3 Å². The first kappa shape index (κ1) is 15.9. The fraction of sp³-hybridized carbons (Fsp3) is 0.688. The standard InChI is InChI=1S/C16H25N3O2S/c1-2-13-3-4-15(17-9-13)12-19-8-7-14(11-19)10-18-22(20,21)16-5-6-16/h3-4,9,14,16,18H,2,5-8,10-12H2,1H3. The van der Waals surface area contributed by atoms with Crippen molar-refractivity contribution in [3.8, 4) is 0 Å². The van der Waals surface area contributed by atoms with Crippen LogP contribution in [0, 0.1) is 5.92 Å². The van der Waals surface area contributed by atoms with Gasteiger partial charge >= 0.3 is 0 Å². The lowest BCUT2D eigenvalue weighted by Crippen LogP contribution is -2.33. The summed E-state index contributed by atoms with van der Waals surface area (Å²) in [6.45, 7) is 5.54. The third-order valence-corrected chi connectivity index (χ3v) is 6.50. The molecule has 1 saturated heterocycles. The Bertz CT molecular complexity index is 596. The molecule has 22 heavy (non-hydrogen) atoms. The molecule has 6 heteroatoms. The normalized spacial score (nSPS) is 23.0. The summed E-state index contributed by atoms with van der Waals surface area (Å²) >= 11 is 0. The van der Waals surface area contributed by atoms with Crippen molar-refractivity contribution < 1.29 is 8.42 Å². The van der Waals surface area contributed by atoms with E-state index >= 15 is 0 Å². The molecule has 1 aliphatic heterocycles. The fourth-order valence-corrected chi connectivity index (χ4v) is 4.40. The summed E-state index contributed by atoms with van der Waals surface area (Å²) in [4.78, 5) is 6.87. The van der Waals surface area contributed by atoms with Gasteiger partial charge in [0.05, 0.1) is 10.9 Å². The van der Waals surface area contributed by atoms with Crippen LogP contribution in [0.4, 0.5) is 0 Å². The van der Waals surface area contributed by atoms with Crippen LogP contribution in [-0.2, 0) is 23.0 Å². The largest absolute Gasteiger partial charge is 0.297 e. The van der Waals surface area contributed by atoms with Crippen LogP contribution < -0.4 is 4.72 Å². The van der Waals surface area contributed by atoms with Crippen molar-refractivity contribution in [3.63, 3.8) is 0 Å². The minimum absolute atomic E-state index is 0.119. The van der Waals surface area contributed by atoms with Crippen LogP contribution >= 0.6 is 0 Å². The van der Waals surface area contributed by atoms with Gasteiger partial charge in [0.2, 0.25) is 10.0 Å². The highest BCUT2D eigenvalue weighted by molar-refractivity contribution is 7.90. The van der Waals surface area contributed by atoms with Crippen LogP contribution in [-0.4, -0.2) is 43.2 Å². The highest BCUT2D eigenvalue weighted by Crippen LogP contribution is 2.27. The Morgan fingerprint density at radius 2 is 2.14 bits per heavy atom. The Labute approximate surface area is 133 Å². The van der Waals surface area contributed by atoms with Gasteiger partial charge in [-0.2, -0.15) is 0 Å². The molecule has 1 saturated carbocycles. The van der Waals surface area contributed by atoms with Gasteiger partial charge in [-0.1, -0.05) is 13.0 Å². The number of pyridine rings is 1. The van der Waals surface area contributed by atoms with E-state index in [4.69, 9.17) is 0 Å². The second kappa shape index (κ2) is 6.64. The molecule has 2 heterocycles. The van der Waals surface area contributed by atoms with Crippen molar-refractivity contribution in [3.05, 3.63) is 29.6 Å². The smallest absolute Gasteiger partial charge is 0.214 e. The van der Waals surface area contributed by atoms with Crippen molar-refractivity contribution in [2.24, 2.45) is 5.92 Å². The summed E-state index contributed by atoms with van der Waals surface area (Å²) < 4.78 is 26.5. The maximum Gasteiger partial charge on any atom is 0.214 e. The number of aryl methyl sites for hydroxylation is 1. The predicted molar refractivity (Wildman–Crippen MR) is 86.9 cm³/mol. The molecule has 0 bridgehead atoms. The maximum absolute atomic E-state index is 11.8. The predicted octanol–water partition coefficient (Wildman–Crippen LogP) is 1.55. The van der Waals surface area contributed by atoms with Gasteiger partial charge in [0.15, 0.2) is 0 Å². The molecule has 0 spiro atoms. The van der Waals surface area contributed by atoms with Crippen LogP contribution in [0.1, 0.15) is 37.4 Å². The van der Waals surface area contributed by atoms with E-state index in [1.165, 1.54) is 5.56 Å². The summed E-state index contributed by atoms with van der Waals surface area (Å²) in [5, 5.41) is -0.119. The first-order valence-corrected chi connectivity index (χ1v) is 9.76. The van der Waals surface area contributed by atoms with Gasteiger partial charge in [-0.05, 0) is 49.8 Å². The van der Waals surface area contributed by atoms with Crippen molar-refractivity contribution in [1.29, 1.82) is 0 Å². The van der Waals surface area contributed by atoms with Gasteiger partial charge < -0.3 is 0 Å². The van der Waals surface area contributed by atoms with Gasteiger partial charge in [-0.3, -0.25) is 9.88 Å². The molecule has 3 rings (SSSR count). The summed E-state index contributed by atoms with van der Waals surface area (Å²) in [7, 11) is -3.04. The quantitative estimate of drug-likeness (QED) is 0.827. The summed E-state index contributed by atoms with van der Waals surface area (Å²) in [5.41, 5.74) is 2.36. The Morgan fingerprint density at radius 1 is 1.32 bits per heavy atom. The molecule has 0 amide bonds. The summed E-state index contributed by atoms with van der Waals surface area (Å²) in [5.74, 6) is 0.420. The Morgan fingerprint density at radius 3 is 2.77 bits per heavy atom. The summed E-state index contributed by atoms with van der Waals surface area (Å²) in [6.07, 6.45) is 5.67. The Kier molecular flexibility index (Phi) is 4.80. The third kappa shape index (κ3) is 4.06. The van der Waals surface area contributed by atoms with Crippen LogP contribution in [0.2, 0.25) is 0 Å². The average Bonchev–Trinajstić information content (AvgIpc) is 3.29. The zero-order valence-corrected chi connectivity index (χ0v) is 14.0. The molecule has 0 radical (unpaired) electrons. The third-order valence-electron chi connectivity index (χ3n) is 4.59. The molecule has 1 unspecified atom stereocenters. The summed E-state index contributed by atoms with van der Waals surface area (Å²) in [6, 6.07) is 4.24. The molecule has 122 valence electrons. The van der Waals surface area contributed by atoms with Gasteiger partial charge in [-0.15, -0.1) is 0 Å². The SMILES string of the molecule is CCc1ccc(CN2CCC(CNS(=O)(=O)C3CC3)C2)nc1. The van der Waals surface area contributed by atoms with Gasteiger partial charge in [0.1, 0.15) is 0 Å². The average molecular weight is 323 g/mol. The fourth-order valence-electron chi connectivity index (χ4n) is 2.94. The number of nitrogens with zero attached hydrogens (tertiary/aromatic N) is 2. The van der Waals surface area contributed by atoms with E-state index in [2.05, 4.69) is 33.7 Å². The van der Waals surface area contributed by atoms with Crippen molar-refractivity contribution in [2.75, 3.05) is 19.6 Å². The molecule has 1 aromatic rings. The molecule has 1 atom stereocenters. The van der Waals surface area contributed by atoms with Crippen LogP contribution in [0.3, 0.4) is 0 Å². The second-order valence-corrected chi connectivity index (χ2v) is 8.54. The number of rotatable bonds is 7. The van der Waals surface area contributed by atoms with Crippen molar-refractivity contribution in [2.45, 2.75) is 44.4 Å². The lowest BCUT2D eigenvalue weighted by molar-refractivity contribution is 0.313. The highest BCUT2D eigenvalue weighted by Gasteiger charge is 2.36. The van der Waals surface area contributed by atoms with E-state index in [1.807, 2.05) is 6.20 Å². The molecule has 1 aromatic heterocycles. The van der Waals surface area contributed by atoms with Gasteiger partial charge in [-0.25, -0.2) is 13.1 Å². The molecule has 2 aliphatic rings. The molecular formula is C16H25N3O2S. The molecule has 1 aliphatic carbocycles. The Hall–Kier alpha value is -0.980. The first-order chi connectivity index (χ1) is 10.6. The van der Waals surface area contributed by atoms with Crippen LogP contribution in [0.15, 0.2) is 18.3 Å². The van der Waals surface area contributed by atoms with Gasteiger partial charge in [0.25, 0.3) is 0 Å². The first-order valence-electron chi connectivity index (χ1n) is 8.21. The minimum Gasteiger partial charge on any atom is -0.297 e. The molecule has 2 fully saturated rings. The highest BCUT2D eigenvalue weighted by atomic mass is 32.2. The lowest BCUT2D eigenvalue weighted by atomic mass is 10.1.